The third-order valence-corrected chi connectivity index (χ3v) is 5.99. The predicted octanol–water partition coefficient (Wildman–Crippen LogP) is 6.24. The lowest BCUT2D eigenvalue weighted by Crippen LogP contribution is -2.51. The van der Waals surface area contributed by atoms with E-state index in [9.17, 15) is 4.79 Å². The van der Waals surface area contributed by atoms with Crippen molar-refractivity contribution in [3.63, 3.8) is 0 Å². The Morgan fingerprint density at radius 3 is 1.88 bits per heavy atom. The number of nitrogens with one attached hydrogen (secondary N) is 1. The van der Waals surface area contributed by atoms with E-state index in [2.05, 4.69) is 32.3 Å². The molecule has 0 aromatic heterocycles. The van der Waals surface area contributed by atoms with Crippen molar-refractivity contribution >= 4 is 6.09 Å². The lowest BCUT2D eigenvalue weighted by molar-refractivity contribution is -0.0861. The van der Waals surface area contributed by atoms with Gasteiger partial charge in [-0.25, -0.2) is 4.79 Å². The van der Waals surface area contributed by atoms with Crippen LogP contribution in [0.5, 0.6) is 0 Å². The van der Waals surface area contributed by atoms with Crippen molar-refractivity contribution in [2.24, 2.45) is 17.6 Å². The number of hydrogen-bond acceptors (Lipinski definition) is 5. The van der Waals surface area contributed by atoms with Crippen LogP contribution in [0, 0.1) is 11.8 Å². The van der Waals surface area contributed by atoms with Gasteiger partial charge in [0.1, 0.15) is 5.60 Å². The number of alkyl carbamates (subject to hydrolysis) is 1. The Hall–Kier alpha value is -1.37. The first-order valence-corrected chi connectivity index (χ1v) is 11.7. The van der Waals surface area contributed by atoms with Gasteiger partial charge in [-0.15, -0.1) is 13.2 Å². The van der Waals surface area contributed by atoms with Crippen LogP contribution in [0.25, 0.3) is 0 Å². The van der Waals surface area contributed by atoms with Crippen LogP contribution in [-0.2, 0) is 14.2 Å². The Labute approximate surface area is 204 Å². The van der Waals surface area contributed by atoms with E-state index in [-0.39, 0.29) is 51.3 Å². The minimum atomic E-state index is -0.472. The van der Waals surface area contributed by atoms with Gasteiger partial charge in [0.25, 0.3) is 0 Å². The van der Waals surface area contributed by atoms with Crippen LogP contribution < -0.4 is 11.1 Å². The lowest BCUT2D eigenvalue weighted by Gasteiger charge is -2.39. The monoisotopic (exact) mass is 470 g/mol. The second kappa shape index (κ2) is 15.5. The molecule has 2 aliphatic rings. The van der Waals surface area contributed by atoms with Crippen LogP contribution >= 0.6 is 0 Å². The van der Waals surface area contributed by atoms with Crippen molar-refractivity contribution in [3.05, 3.63) is 25.3 Å². The Balaban J connectivity index is 0. The topological polar surface area (TPSA) is 82.8 Å². The molecule has 0 saturated carbocycles. The molecule has 1 amide bonds. The van der Waals surface area contributed by atoms with E-state index in [0.717, 1.165) is 25.7 Å². The van der Waals surface area contributed by atoms with Crippen molar-refractivity contribution in [1.29, 1.82) is 0 Å². The maximum Gasteiger partial charge on any atom is 0.407 e. The van der Waals surface area contributed by atoms with Gasteiger partial charge in [-0.1, -0.05) is 40.9 Å². The van der Waals surface area contributed by atoms with Crippen molar-refractivity contribution < 1.29 is 19.0 Å². The Kier molecular flexibility index (Phi) is 15.9. The molecule has 2 aliphatic heterocycles. The van der Waals surface area contributed by atoms with Crippen molar-refractivity contribution in [2.75, 3.05) is 0 Å². The van der Waals surface area contributed by atoms with Gasteiger partial charge in [-0.05, 0) is 72.1 Å². The maximum atomic E-state index is 11.8. The number of hydrogen-bond donors (Lipinski definition) is 2. The standard InChI is InChI=1S/C15H27NO3.C10H19NO.2CH4/c1-7-8-13-10(2)9-12(11(3)18-13)16-14(17)19-15(4,5)6;1-4-5-10-7(2)6-9(11)8(3)12-10;;/h7,10-13H,1,8-9H2,2-6H3,(H,16,17);4,7-10H,1,5-6,11H2,2-3H3;2*1H4/t10-,11+,12+,13-;7-,8+,9+,10-;;/m00../s1. The zero-order valence-electron chi connectivity index (χ0n) is 20.7. The number of nitrogens with two attached hydrogens (primary N) is 1. The Morgan fingerprint density at radius 1 is 0.970 bits per heavy atom. The molecule has 6 heteroatoms. The van der Waals surface area contributed by atoms with Crippen molar-refractivity contribution in [3.8, 4) is 0 Å². The number of amides is 1. The van der Waals surface area contributed by atoms with Gasteiger partial charge < -0.3 is 25.3 Å². The highest BCUT2D eigenvalue weighted by Crippen LogP contribution is 2.28. The van der Waals surface area contributed by atoms with Crippen LogP contribution in [0.15, 0.2) is 25.3 Å². The summed E-state index contributed by atoms with van der Waals surface area (Å²) in [7, 11) is 0. The summed E-state index contributed by atoms with van der Waals surface area (Å²) in [6, 6.07) is 0.215. The van der Waals surface area contributed by atoms with Crippen LogP contribution in [-0.4, -0.2) is 48.2 Å². The number of carbonyl (C=O) groups is 1. The number of ether oxygens (including phenoxy) is 3. The minimum Gasteiger partial charge on any atom is -0.444 e. The largest absolute Gasteiger partial charge is 0.444 e. The molecule has 0 aromatic rings. The molecule has 0 aliphatic carbocycles. The van der Waals surface area contributed by atoms with E-state index in [1.807, 2.05) is 46.8 Å². The molecule has 0 spiro atoms. The maximum absolute atomic E-state index is 11.8. The second-order valence-electron chi connectivity index (χ2n) is 10.2. The summed E-state index contributed by atoms with van der Waals surface area (Å²) < 4.78 is 17.0. The summed E-state index contributed by atoms with van der Waals surface area (Å²) in [6.07, 6.45) is 7.92. The molecular weight excluding hydrogens is 416 g/mol. The second-order valence-corrected chi connectivity index (χ2v) is 10.2. The molecule has 0 radical (unpaired) electrons. The summed E-state index contributed by atoms with van der Waals surface area (Å²) in [4.78, 5) is 11.8. The van der Waals surface area contributed by atoms with Gasteiger partial charge in [0.15, 0.2) is 0 Å². The first kappa shape index (κ1) is 33.8. The molecule has 3 N–H and O–H groups in total. The molecule has 2 saturated heterocycles. The van der Waals surface area contributed by atoms with Crippen molar-refractivity contribution in [2.45, 2.75) is 131 Å². The first-order chi connectivity index (χ1) is 14.4. The van der Waals surface area contributed by atoms with E-state index in [4.69, 9.17) is 19.9 Å². The lowest BCUT2D eigenvalue weighted by atomic mass is 9.88. The van der Waals surface area contributed by atoms with Crippen molar-refractivity contribution in [1.82, 2.24) is 5.32 Å². The molecule has 2 rings (SSSR count). The average molecular weight is 471 g/mol. The summed E-state index contributed by atoms with van der Waals surface area (Å²) in [5.41, 5.74) is 5.40. The van der Waals surface area contributed by atoms with E-state index in [1.54, 1.807) is 0 Å². The minimum absolute atomic E-state index is 0. The van der Waals surface area contributed by atoms with Gasteiger partial charge in [-0.3, -0.25) is 0 Å². The molecule has 8 atom stereocenters. The van der Waals surface area contributed by atoms with Gasteiger partial charge in [0.05, 0.1) is 30.5 Å². The zero-order chi connectivity index (χ0) is 23.8. The third kappa shape index (κ3) is 12.1. The van der Waals surface area contributed by atoms with Gasteiger partial charge in [0.2, 0.25) is 0 Å². The van der Waals surface area contributed by atoms with Gasteiger partial charge in [0, 0.05) is 6.04 Å². The van der Waals surface area contributed by atoms with E-state index < -0.39 is 5.60 Å². The summed E-state index contributed by atoms with van der Waals surface area (Å²) in [5, 5.41) is 2.91. The fourth-order valence-corrected chi connectivity index (χ4v) is 4.07. The van der Waals surface area contributed by atoms with Gasteiger partial charge >= 0.3 is 6.09 Å². The van der Waals surface area contributed by atoms with Crippen LogP contribution in [0.2, 0.25) is 0 Å². The van der Waals surface area contributed by atoms with E-state index in [1.165, 1.54) is 0 Å². The molecule has 0 bridgehead atoms. The fraction of sp³-hybridized carbons (Fsp3) is 0.815. The molecular formula is C27H54N2O4. The molecule has 2 fully saturated rings. The molecule has 33 heavy (non-hydrogen) atoms. The van der Waals surface area contributed by atoms with Crippen LogP contribution in [0.4, 0.5) is 4.79 Å². The highest BCUT2D eigenvalue weighted by molar-refractivity contribution is 5.68. The smallest absolute Gasteiger partial charge is 0.407 e. The summed E-state index contributed by atoms with van der Waals surface area (Å²) in [5.74, 6) is 0.961. The molecule has 0 aromatic carbocycles. The molecule has 2 heterocycles. The molecule has 0 unspecified atom stereocenters. The van der Waals surface area contributed by atoms with Gasteiger partial charge in [-0.2, -0.15) is 0 Å². The quantitative estimate of drug-likeness (QED) is 0.464. The molecule has 6 nitrogen and oxygen atoms in total. The zero-order valence-corrected chi connectivity index (χ0v) is 20.7. The number of rotatable bonds is 5. The Morgan fingerprint density at radius 2 is 1.42 bits per heavy atom. The summed E-state index contributed by atoms with van der Waals surface area (Å²) in [6.45, 7) is 21.4. The van der Waals surface area contributed by atoms with Crippen LogP contribution in [0.1, 0.15) is 89.0 Å². The van der Waals surface area contributed by atoms with E-state index in [0.29, 0.717) is 17.9 Å². The normalized spacial score (nSPS) is 33.7. The highest BCUT2D eigenvalue weighted by Gasteiger charge is 2.34. The fourth-order valence-electron chi connectivity index (χ4n) is 4.07. The molecule has 196 valence electrons. The van der Waals surface area contributed by atoms with Crippen LogP contribution in [0.3, 0.4) is 0 Å². The predicted molar refractivity (Wildman–Crippen MR) is 140 cm³/mol. The average Bonchev–Trinajstić information content (AvgIpc) is 2.63. The Bertz CT molecular complexity index is 575. The van der Waals surface area contributed by atoms with E-state index >= 15 is 0 Å². The SMILES string of the molecule is C.C.C=CC[C@@H]1O[C@H](C)[C@H](N)C[C@@H]1C.C=CC[C@@H]1O[C@H](C)[C@H](NC(=O)OC(C)(C)C)C[C@@H]1C. The first-order valence-electron chi connectivity index (χ1n) is 11.7. The number of carbonyl (C=O) groups excluding carboxylic acids is 1. The highest BCUT2D eigenvalue weighted by atomic mass is 16.6. The third-order valence-electron chi connectivity index (χ3n) is 5.99. The summed E-state index contributed by atoms with van der Waals surface area (Å²) >= 11 is 0.